The summed E-state index contributed by atoms with van der Waals surface area (Å²) < 4.78 is 84.0. The Morgan fingerprint density at radius 1 is 0.438 bits per heavy atom. The summed E-state index contributed by atoms with van der Waals surface area (Å²) in [5.74, 6) is 0. The van der Waals surface area contributed by atoms with E-state index >= 15 is 0 Å². The minimum atomic E-state index is -6.00. The Balaban J connectivity index is 0.000000548. The second kappa shape index (κ2) is 20.8. The third kappa shape index (κ3) is 17.1. The Hall–Kier alpha value is -2.67. The molecule has 1 heterocycles. The second-order valence-electron chi connectivity index (χ2n) is 10.5. The van der Waals surface area contributed by atoms with E-state index in [0.29, 0.717) is 29.9 Å². The third-order valence-corrected chi connectivity index (χ3v) is 11.9. The Morgan fingerprint density at radius 3 is 1.04 bits per heavy atom. The van der Waals surface area contributed by atoms with Crippen LogP contribution in [0.2, 0.25) is 0 Å². The van der Waals surface area contributed by atoms with Crippen LogP contribution in [-0.4, -0.2) is 70.6 Å². The first-order valence-electron chi connectivity index (χ1n) is 15.3. The summed E-state index contributed by atoms with van der Waals surface area (Å²) in [4.78, 5) is 0. The van der Waals surface area contributed by atoms with Crippen LogP contribution in [0.1, 0.15) is 22.3 Å². The van der Waals surface area contributed by atoms with E-state index in [1.165, 1.54) is 40.1 Å². The fraction of sp³-hybridized carbons (Fsp3) is 0.250. The molecule has 260 valence electrons. The van der Waals surface area contributed by atoms with Crippen LogP contribution < -0.4 is 39.1 Å². The van der Waals surface area contributed by atoms with Gasteiger partial charge in [0, 0.05) is 0 Å². The van der Waals surface area contributed by atoms with Crippen LogP contribution in [0.15, 0.2) is 97.1 Å². The predicted molar refractivity (Wildman–Crippen MR) is 181 cm³/mol. The first-order valence-corrected chi connectivity index (χ1v) is 18.8. The van der Waals surface area contributed by atoms with E-state index in [1.807, 2.05) is 0 Å². The maximum atomic E-state index is 9.75. The van der Waals surface area contributed by atoms with E-state index in [-0.39, 0.29) is 0 Å². The van der Waals surface area contributed by atoms with Gasteiger partial charge in [-0.25, -0.2) is 0 Å². The summed E-state index contributed by atoms with van der Waals surface area (Å²) in [7, 11) is -12.0. The third-order valence-electron chi connectivity index (χ3n) is 6.74. The van der Waals surface area contributed by atoms with Gasteiger partial charge in [-0.1, -0.05) is 0 Å². The molecule has 0 bridgehead atoms. The molecule has 0 amide bonds. The van der Waals surface area contributed by atoms with Gasteiger partial charge in [-0.15, -0.1) is 0 Å². The van der Waals surface area contributed by atoms with Gasteiger partial charge in [-0.2, -0.15) is 0 Å². The number of nitrogens with two attached hydrogens (primary N) is 2. The monoisotopic (exact) mass is 812 g/mol. The van der Waals surface area contributed by atoms with Crippen molar-refractivity contribution >= 4 is 62.3 Å². The van der Waals surface area contributed by atoms with Gasteiger partial charge < -0.3 is 34.5 Å². The number of hydrogen-bond donors (Lipinski definition) is 4. The van der Waals surface area contributed by atoms with E-state index in [2.05, 4.69) is 118 Å². The number of hydrogen-bond acceptors (Lipinski definition) is 2. The molecule has 6 N–H and O–H groups in total. The molecule has 0 spiro atoms. The standard InChI is InChI=1S/C32H36N4Se2.2BF4/c1-5-13-29-25(9-1)21-33-17-18-34-23-27-11-3-7-15-31(27)38-32-16-8-4-12-28(32)24-36-20-19-35-22-26-10-2-6-14-30(26)37-29;2*2-1(3,4)5/h1-16,33-36H,17-24H2;;/q;2*-1/p+2. The molecule has 0 radical (unpaired) electrons. The molecule has 5 rings (SSSR count). The molecule has 4 nitrogen and oxygen atoms in total. The number of rotatable bonds is 0. The fourth-order valence-electron chi connectivity index (χ4n) is 4.65. The van der Waals surface area contributed by atoms with E-state index < -0.39 is 14.5 Å². The zero-order valence-electron chi connectivity index (χ0n) is 26.0. The maximum absolute atomic E-state index is 9.75. The van der Waals surface area contributed by atoms with Crippen LogP contribution in [0.25, 0.3) is 0 Å². The zero-order chi connectivity index (χ0) is 34.8. The minimum absolute atomic E-state index is 0.305. The van der Waals surface area contributed by atoms with Crippen molar-refractivity contribution in [2.45, 2.75) is 26.2 Å². The van der Waals surface area contributed by atoms with Gasteiger partial charge in [0.1, 0.15) is 0 Å². The van der Waals surface area contributed by atoms with Crippen LogP contribution in [0.4, 0.5) is 34.5 Å². The number of quaternary nitrogens is 2. The Labute approximate surface area is 288 Å². The van der Waals surface area contributed by atoms with Crippen LogP contribution in [0.3, 0.4) is 0 Å². The van der Waals surface area contributed by atoms with Gasteiger partial charge >= 0.3 is 255 Å². The summed E-state index contributed by atoms with van der Waals surface area (Å²) in [5, 5.41) is 12.3. The quantitative estimate of drug-likeness (QED) is 0.162. The van der Waals surface area contributed by atoms with Crippen LogP contribution in [-0.2, 0) is 26.2 Å². The molecule has 0 atom stereocenters. The van der Waals surface area contributed by atoms with Gasteiger partial charge in [0.2, 0.25) is 0 Å². The molecular weight excluding hydrogens is 772 g/mol. The summed E-state index contributed by atoms with van der Waals surface area (Å²) in [6.07, 6.45) is 0. The Kier molecular flexibility index (Phi) is 17.2. The Bertz CT molecular complexity index is 1310. The molecular formula is C32H38B2F8N4Se2. The summed E-state index contributed by atoms with van der Waals surface area (Å²) in [5.41, 5.74) is 5.81. The molecule has 0 saturated heterocycles. The average Bonchev–Trinajstić information content (AvgIpc) is 3.01. The van der Waals surface area contributed by atoms with Crippen molar-refractivity contribution in [3.63, 3.8) is 0 Å². The van der Waals surface area contributed by atoms with Crippen molar-refractivity contribution in [1.82, 2.24) is 10.6 Å². The van der Waals surface area contributed by atoms with Crippen LogP contribution in [0.5, 0.6) is 0 Å². The molecule has 1 aliphatic rings. The van der Waals surface area contributed by atoms with Gasteiger partial charge in [0.25, 0.3) is 0 Å². The fourth-order valence-corrected chi connectivity index (χ4v) is 9.20. The molecule has 0 fully saturated rings. The average molecular weight is 810 g/mol. The topological polar surface area (TPSA) is 57.3 Å². The molecule has 0 unspecified atom stereocenters. The van der Waals surface area contributed by atoms with E-state index in [1.54, 1.807) is 0 Å². The van der Waals surface area contributed by atoms with E-state index in [4.69, 9.17) is 0 Å². The first kappa shape index (κ1) is 39.8. The Morgan fingerprint density at radius 2 is 0.708 bits per heavy atom. The predicted octanol–water partition coefficient (Wildman–Crippen LogP) is 1.62. The molecule has 0 saturated carbocycles. The zero-order valence-corrected chi connectivity index (χ0v) is 29.5. The van der Waals surface area contributed by atoms with Crippen molar-refractivity contribution in [1.29, 1.82) is 0 Å². The van der Waals surface area contributed by atoms with E-state index in [9.17, 15) is 34.5 Å². The summed E-state index contributed by atoms with van der Waals surface area (Å²) in [6.45, 7) is 8.11. The molecule has 0 aromatic heterocycles. The van der Waals surface area contributed by atoms with Crippen LogP contribution in [0, 0.1) is 0 Å². The molecule has 1 aliphatic heterocycles. The second-order valence-corrected chi connectivity index (χ2v) is 15.1. The first-order chi connectivity index (χ1) is 22.9. The number of halogens is 8. The van der Waals surface area contributed by atoms with Crippen molar-refractivity contribution in [3.05, 3.63) is 119 Å². The molecule has 48 heavy (non-hydrogen) atoms. The molecule has 4 aromatic rings. The van der Waals surface area contributed by atoms with Gasteiger partial charge in [0.05, 0.1) is 0 Å². The van der Waals surface area contributed by atoms with Gasteiger partial charge in [0.15, 0.2) is 0 Å². The van der Waals surface area contributed by atoms with Crippen molar-refractivity contribution in [3.8, 4) is 0 Å². The number of benzene rings is 4. The van der Waals surface area contributed by atoms with E-state index in [0.717, 1.165) is 52.4 Å². The molecule has 16 heteroatoms. The summed E-state index contributed by atoms with van der Waals surface area (Å²) >= 11 is 0.610. The van der Waals surface area contributed by atoms with Crippen molar-refractivity contribution in [2.24, 2.45) is 0 Å². The number of nitrogens with one attached hydrogen (secondary N) is 2. The van der Waals surface area contributed by atoms with Gasteiger partial charge in [-0.05, 0) is 0 Å². The van der Waals surface area contributed by atoms with Crippen molar-refractivity contribution in [2.75, 3.05) is 26.2 Å². The molecule has 0 aliphatic carbocycles. The SMILES string of the molecule is F[B-](F)(F)F.F[B-](F)(F)F.c1ccc2c(c1)CNCC[NH2+]Cc1ccccc1[Se]c1ccccc1CNCC[NH2+]Cc1ccccc1[Se]2. The normalized spacial score (nSPS) is 15.2. The van der Waals surface area contributed by atoms with Crippen molar-refractivity contribution < 1.29 is 45.2 Å². The number of fused-ring (bicyclic) bond motifs is 4. The summed E-state index contributed by atoms with van der Waals surface area (Å²) in [6, 6.07) is 36.0. The van der Waals surface area contributed by atoms with Crippen LogP contribution >= 0.6 is 0 Å². The molecule has 4 aromatic carbocycles. The van der Waals surface area contributed by atoms with Gasteiger partial charge in [-0.3, -0.25) is 0 Å².